The van der Waals surface area contributed by atoms with Gasteiger partial charge in [-0.05, 0) is 61.7 Å². The van der Waals surface area contributed by atoms with Crippen LogP contribution in [0, 0.1) is 0 Å². The van der Waals surface area contributed by atoms with Crippen LogP contribution < -0.4 is 4.74 Å². The molecule has 150 valence electrons. The number of piperazine rings is 1. The summed E-state index contributed by atoms with van der Waals surface area (Å²) in [5.41, 5.74) is 0.626. The lowest BCUT2D eigenvalue weighted by molar-refractivity contribution is 0.0698. The van der Waals surface area contributed by atoms with E-state index in [1.807, 2.05) is 37.4 Å². The highest BCUT2D eigenvalue weighted by Crippen LogP contribution is 2.22. The fraction of sp³-hybridized carbons (Fsp3) is 0.350. The number of rotatable bonds is 6. The molecule has 1 amide bonds. The van der Waals surface area contributed by atoms with Crippen LogP contribution >= 0.6 is 11.8 Å². The number of carbonyl (C=O) groups excluding carboxylic acids is 1. The molecular formula is C20H24N2O4S2. The topological polar surface area (TPSA) is 66.9 Å². The minimum atomic E-state index is -3.58. The van der Waals surface area contributed by atoms with E-state index in [1.54, 1.807) is 40.9 Å². The zero-order valence-corrected chi connectivity index (χ0v) is 17.6. The molecule has 8 heteroatoms. The number of ether oxygens (including phenoxy) is 1. The molecule has 2 aromatic carbocycles. The maximum atomic E-state index is 12.9. The van der Waals surface area contributed by atoms with Crippen LogP contribution in [-0.2, 0) is 10.0 Å². The first kappa shape index (κ1) is 20.7. The molecule has 0 bridgehead atoms. The van der Waals surface area contributed by atoms with Crippen molar-refractivity contribution in [2.45, 2.75) is 16.7 Å². The Morgan fingerprint density at radius 2 is 1.61 bits per heavy atom. The molecule has 2 aromatic rings. The summed E-state index contributed by atoms with van der Waals surface area (Å²) >= 11 is 1.62. The van der Waals surface area contributed by atoms with Crippen molar-refractivity contribution in [3.05, 3.63) is 54.1 Å². The van der Waals surface area contributed by atoms with Crippen molar-refractivity contribution in [3.63, 3.8) is 0 Å². The van der Waals surface area contributed by atoms with E-state index >= 15 is 0 Å². The Balaban J connectivity index is 1.64. The van der Waals surface area contributed by atoms with E-state index in [4.69, 9.17) is 4.74 Å². The molecule has 0 unspecified atom stereocenters. The van der Waals surface area contributed by atoms with Crippen LogP contribution in [-0.4, -0.2) is 62.6 Å². The minimum absolute atomic E-state index is 0.0641. The number of hydrogen-bond donors (Lipinski definition) is 0. The highest BCUT2D eigenvalue weighted by atomic mass is 32.2. The van der Waals surface area contributed by atoms with Crippen LogP contribution in [0.25, 0.3) is 0 Å². The van der Waals surface area contributed by atoms with Crippen LogP contribution in [0.2, 0.25) is 0 Å². The van der Waals surface area contributed by atoms with Gasteiger partial charge in [-0.15, -0.1) is 11.8 Å². The number of nitrogens with zero attached hydrogens (tertiary/aromatic N) is 2. The average molecular weight is 421 g/mol. The molecule has 3 rings (SSSR count). The fourth-order valence-corrected chi connectivity index (χ4v) is 4.90. The lowest BCUT2D eigenvalue weighted by atomic mass is 10.2. The summed E-state index contributed by atoms with van der Waals surface area (Å²) in [4.78, 5) is 15.7. The van der Waals surface area contributed by atoms with E-state index in [0.717, 1.165) is 4.90 Å². The summed E-state index contributed by atoms with van der Waals surface area (Å²) in [7, 11) is -3.58. The van der Waals surface area contributed by atoms with Crippen LogP contribution in [0.5, 0.6) is 5.75 Å². The molecule has 1 fully saturated rings. The van der Waals surface area contributed by atoms with Crippen LogP contribution in [0.3, 0.4) is 0 Å². The summed E-state index contributed by atoms with van der Waals surface area (Å²) in [5, 5.41) is 0. The molecule has 0 spiro atoms. The second-order valence-corrected chi connectivity index (χ2v) is 9.15. The number of thioether (sulfide) groups is 1. The molecule has 0 atom stereocenters. The summed E-state index contributed by atoms with van der Waals surface area (Å²) < 4.78 is 32.5. The molecule has 1 saturated heterocycles. The number of hydrogen-bond acceptors (Lipinski definition) is 5. The van der Waals surface area contributed by atoms with Gasteiger partial charge in [-0.2, -0.15) is 4.31 Å². The zero-order chi connectivity index (χ0) is 20.1. The summed E-state index contributed by atoms with van der Waals surface area (Å²) in [6, 6.07) is 13.9. The Morgan fingerprint density at radius 1 is 1.00 bits per heavy atom. The maximum absolute atomic E-state index is 12.9. The fourth-order valence-electron chi connectivity index (χ4n) is 3.07. The molecule has 6 nitrogen and oxygen atoms in total. The molecule has 1 aliphatic heterocycles. The van der Waals surface area contributed by atoms with Crippen molar-refractivity contribution in [3.8, 4) is 5.75 Å². The maximum Gasteiger partial charge on any atom is 0.253 e. The lowest BCUT2D eigenvalue weighted by Crippen LogP contribution is -2.50. The normalized spacial score (nSPS) is 15.4. The van der Waals surface area contributed by atoms with Crippen molar-refractivity contribution in [2.75, 3.05) is 39.0 Å². The monoisotopic (exact) mass is 420 g/mol. The predicted octanol–water partition coefficient (Wildman–Crippen LogP) is 2.95. The first-order valence-electron chi connectivity index (χ1n) is 9.12. The smallest absolute Gasteiger partial charge is 0.253 e. The first-order chi connectivity index (χ1) is 13.5. The van der Waals surface area contributed by atoms with Crippen molar-refractivity contribution >= 4 is 27.7 Å². The van der Waals surface area contributed by atoms with Crippen molar-refractivity contribution in [1.82, 2.24) is 9.21 Å². The van der Waals surface area contributed by atoms with Crippen LogP contribution in [0.4, 0.5) is 0 Å². The number of sulfonamides is 1. The molecule has 0 saturated carbocycles. The van der Waals surface area contributed by atoms with Gasteiger partial charge in [-0.1, -0.05) is 0 Å². The van der Waals surface area contributed by atoms with Gasteiger partial charge in [0.05, 0.1) is 11.5 Å². The Hall–Kier alpha value is -2.03. The Bertz CT molecular complexity index is 904. The summed E-state index contributed by atoms with van der Waals surface area (Å²) in [5.74, 6) is 0.579. The molecule has 0 radical (unpaired) electrons. The number of benzene rings is 2. The van der Waals surface area contributed by atoms with Crippen LogP contribution in [0.1, 0.15) is 17.3 Å². The second kappa shape index (κ2) is 8.98. The third-order valence-electron chi connectivity index (χ3n) is 4.64. The van der Waals surface area contributed by atoms with E-state index in [9.17, 15) is 13.2 Å². The predicted molar refractivity (Wildman–Crippen MR) is 110 cm³/mol. The van der Waals surface area contributed by atoms with Crippen LogP contribution in [0.15, 0.2) is 58.3 Å². The molecule has 1 heterocycles. The van der Waals surface area contributed by atoms with Gasteiger partial charge in [-0.25, -0.2) is 8.42 Å². The van der Waals surface area contributed by atoms with E-state index in [2.05, 4.69) is 0 Å². The summed E-state index contributed by atoms with van der Waals surface area (Å²) in [6.07, 6.45) is 1.99. The highest BCUT2D eigenvalue weighted by Gasteiger charge is 2.30. The zero-order valence-electron chi connectivity index (χ0n) is 16.0. The lowest BCUT2D eigenvalue weighted by Gasteiger charge is -2.34. The molecule has 28 heavy (non-hydrogen) atoms. The van der Waals surface area contributed by atoms with E-state index in [0.29, 0.717) is 31.0 Å². The number of amides is 1. The second-order valence-electron chi connectivity index (χ2n) is 6.33. The van der Waals surface area contributed by atoms with Gasteiger partial charge >= 0.3 is 0 Å². The van der Waals surface area contributed by atoms with E-state index in [1.165, 1.54) is 4.31 Å². The number of carbonyl (C=O) groups is 1. The third kappa shape index (κ3) is 4.51. The Morgan fingerprint density at radius 3 is 2.14 bits per heavy atom. The standard InChI is InChI=1S/C20H24N2O4S2/c1-3-26-17-6-10-19(11-7-17)28(24,25)22-14-12-21(13-15-22)20(23)16-4-8-18(27-2)9-5-16/h4-11H,3,12-15H2,1-2H3. The van der Waals surface area contributed by atoms with Gasteiger partial charge in [0, 0.05) is 36.6 Å². The van der Waals surface area contributed by atoms with Gasteiger partial charge in [0.25, 0.3) is 5.91 Å². The Labute approximate surface area is 170 Å². The highest BCUT2D eigenvalue weighted by molar-refractivity contribution is 7.98. The van der Waals surface area contributed by atoms with Crippen molar-refractivity contribution in [1.29, 1.82) is 0 Å². The van der Waals surface area contributed by atoms with Gasteiger partial charge < -0.3 is 9.64 Å². The van der Waals surface area contributed by atoms with Gasteiger partial charge in [0.1, 0.15) is 5.75 Å². The minimum Gasteiger partial charge on any atom is -0.494 e. The molecule has 0 N–H and O–H groups in total. The molecule has 0 aromatic heterocycles. The van der Waals surface area contributed by atoms with E-state index in [-0.39, 0.29) is 23.9 Å². The molecule has 1 aliphatic rings. The third-order valence-corrected chi connectivity index (χ3v) is 7.29. The van der Waals surface area contributed by atoms with Gasteiger partial charge in [0.2, 0.25) is 10.0 Å². The quantitative estimate of drug-likeness (QED) is 0.672. The summed E-state index contributed by atoms with van der Waals surface area (Å²) in [6.45, 7) is 3.72. The SMILES string of the molecule is CCOc1ccc(S(=O)(=O)N2CCN(C(=O)c3ccc(SC)cc3)CC2)cc1. The van der Waals surface area contributed by atoms with Crippen molar-refractivity contribution in [2.24, 2.45) is 0 Å². The largest absolute Gasteiger partial charge is 0.494 e. The van der Waals surface area contributed by atoms with Gasteiger partial charge in [-0.3, -0.25) is 4.79 Å². The Kier molecular flexibility index (Phi) is 6.64. The molecule has 0 aliphatic carbocycles. The van der Waals surface area contributed by atoms with E-state index < -0.39 is 10.0 Å². The van der Waals surface area contributed by atoms with Crippen molar-refractivity contribution < 1.29 is 17.9 Å². The molecular weight excluding hydrogens is 396 g/mol. The average Bonchev–Trinajstić information content (AvgIpc) is 2.74. The van der Waals surface area contributed by atoms with Gasteiger partial charge in [0.15, 0.2) is 0 Å². The first-order valence-corrected chi connectivity index (χ1v) is 11.8.